The lowest BCUT2D eigenvalue weighted by Gasteiger charge is -2.32. The molecule has 4 aliphatic carbocycles. The van der Waals surface area contributed by atoms with E-state index in [2.05, 4.69) is 10.4 Å². The van der Waals surface area contributed by atoms with Crippen LogP contribution in [0.3, 0.4) is 0 Å². The van der Waals surface area contributed by atoms with Gasteiger partial charge in [-0.1, -0.05) is 0 Å². The molecule has 1 heterocycles. The molecule has 4 bridgehead atoms. The van der Waals surface area contributed by atoms with Crippen LogP contribution in [0.5, 0.6) is 5.88 Å². The van der Waals surface area contributed by atoms with Crippen LogP contribution in [0.2, 0.25) is 0 Å². The van der Waals surface area contributed by atoms with Gasteiger partial charge >= 0.3 is 5.97 Å². The van der Waals surface area contributed by atoms with E-state index in [4.69, 9.17) is 4.74 Å². The topological polar surface area (TPSA) is 93.5 Å². The number of hydrogen-bond acceptors (Lipinski definition) is 4. The van der Waals surface area contributed by atoms with E-state index in [-0.39, 0.29) is 18.1 Å². The lowest BCUT2D eigenvalue weighted by molar-refractivity contribution is -0.144. The SMILES string of the molecule is CC(C)Oc1c(C(=O)NC2C3CC4CC(C3)C2C4)cnn1/C=C/C(C)(C)C(=O)O. The fourth-order valence-corrected chi connectivity index (χ4v) is 5.47. The van der Waals surface area contributed by atoms with Gasteiger partial charge in [0.1, 0.15) is 5.56 Å². The maximum atomic E-state index is 13.1. The molecule has 1 aromatic heterocycles. The number of hydrogen-bond donors (Lipinski definition) is 2. The first-order valence-electron chi connectivity index (χ1n) is 10.6. The molecule has 2 N–H and O–H groups in total. The first kappa shape index (κ1) is 20.0. The van der Waals surface area contributed by atoms with Crippen molar-refractivity contribution in [3.8, 4) is 5.88 Å². The van der Waals surface area contributed by atoms with E-state index < -0.39 is 11.4 Å². The number of carbonyl (C=O) groups excluding carboxylic acids is 1. The molecule has 0 saturated heterocycles. The van der Waals surface area contributed by atoms with Gasteiger partial charge in [0.15, 0.2) is 0 Å². The highest BCUT2D eigenvalue weighted by molar-refractivity contribution is 5.96. The zero-order valence-electron chi connectivity index (χ0n) is 17.6. The quantitative estimate of drug-likeness (QED) is 0.730. The molecule has 4 fully saturated rings. The molecule has 158 valence electrons. The van der Waals surface area contributed by atoms with Crippen molar-refractivity contribution in [2.24, 2.45) is 29.1 Å². The van der Waals surface area contributed by atoms with Crippen molar-refractivity contribution in [2.45, 2.75) is 65.5 Å². The number of carbonyl (C=O) groups is 2. The van der Waals surface area contributed by atoms with E-state index >= 15 is 0 Å². The summed E-state index contributed by atoms with van der Waals surface area (Å²) in [6, 6.07) is 0.253. The summed E-state index contributed by atoms with van der Waals surface area (Å²) in [7, 11) is 0. The van der Waals surface area contributed by atoms with E-state index in [1.54, 1.807) is 26.1 Å². The molecule has 4 saturated carbocycles. The Morgan fingerprint density at radius 2 is 2.00 bits per heavy atom. The Kier molecular flexibility index (Phi) is 4.95. The smallest absolute Gasteiger partial charge is 0.312 e. The van der Waals surface area contributed by atoms with Crippen LogP contribution in [-0.4, -0.2) is 38.9 Å². The average molecular weight is 402 g/mol. The fraction of sp³-hybridized carbons (Fsp3) is 0.682. The third kappa shape index (κ3) is 3.67. The zero-order chi connectivity index (χ0) is 20.9. The van der Waals surface area contributed by atoms with Crippen LogP contribution in [-0.2, 0) is 4.79 Å². The van der Waals surface area contributed by atoms with Crippen molar-refractivity contribution in [3.05, 3.63) is 17.8 Å². The first-order chi connectivity index (χ1) is 13.7. The summed E-state index contributed by atoms with van der Waals surface area (Å²) in [6.07, 6.45) is 9.53. The summed E-state index contributed by atoms with van der Waals surface area (Å²) < 4.78 is 7.34. The second-order valence-corrected chi connectivity index (χ2v) is 9.81. The highest BCUT2D eigenvalue weighted by Gasteiger charge is 2.54. The Hall–Kier alpha value is -2.31. The number of nitrogens with zero attached hydrogens (tertiary/aromatic N) is 2. The Labute approximate surface area is 171 Å². The van der Waals surface area contributed by atoms with E-state index in [0.29, 0.717) is 23.3 Å². The molecule has 5 rings (SSSR count). The van der Waals surface area contributed by atoms with E-state index in [0.717, 1.165) is 11.8 Å². The van der Waals surface area contributed by atoms with Crippen molar-refractivity contribution >= 4 is 18.1 Å². The normalized spacial score (nSPS) is 30.4. The first-order valence-corrected chi connectivity index (χ1v) is 10.6. The Bertz CT molecular complexity index is 837. The number of rotatable bonds is 7. The van der Waals surface area contributed by atoms with Crippen LogP contribution in [0.15, 0.2) is 12.3 Å². The van der Waals surface area contributed by atoms with Crippen molar-refractivity contribution in [2.75, 3.05) is 0 Å². The molecular formula is C22H31N3O4. The summed E-state index contributed by atoms with van der Waals surface area (Å²) in [5, 5.41) is 16.9. The Balaban J connectivity index is 1.55. The summed E-state index contributed by atoms with van der Waals surface area (Å²) in [4.78, 5) is 24.5. The number of carboxylic acids is 1. The summed E-state index contributed by atoms with van der Waals surface area (Å²) in [6.45, 7) is 6.99. The highest BCUT2D eigenvalue weighted by Crippen LogP contribution is 2.58. The lowest BCUT2D eigenvalue weighted by atomic mass is 9.79. The second-order valence-electron chi connectivity index (χ2n) is 9.81. The summed E-state index contributed by atoms with van der Waals surface area (Å²) in [5.41, 5.74) is -0.653. The van der Waals surface area contributed by atoms with E-state index in [1.165, 1.54) is 36.6 Å². The van der Waals surface area contributed by atoms with Gasteiger partial charge in [-0.05, 0) is 83.1 Å². The molecule has 1 amide bonds. The van der Waals surface area contributed by atoms with E-state index in [1.807, 2.05) is 13.8 Å². The van der Waals surface area contributed by atoms with Crippen molar-refractivity contribution in [1.82, 2.24) is 15.1 Å². The van der Waals surface area contributed by atoms with Gasteiger partial charge in [0.05, 0.1) is 17.7 Å². The number of nitrogens with one attached hydrogen (secondary N) is 1. The van der Waals surface area contributed by atoms with Gasteiger partial charge in [-0.3, -0.25) is 9.59 Å². The molecule has 0 aromatic carbocycles. The minimum absolute atomic E-state index is 0.143. The summed E-state index contributed by atoms with van der Waals surface area (Å²) in [5.74, 6) is 2.12. The van der Waals surface area contributed by atoms with Gasteiger partial charge in [0.2, 0.25) is 5.88 Å². The molecule has 5 atom stereocenters. The predicted octanol–water partition coefficient (Wildman–Crippen LogP) is 3.42. The monoisotopic (exact) mass is 401 g/mol. The molecule has 0 spiro atoms. The number of aliphatic carboxylic acids is 1. The van der Waals surface area contributed by atoms with Crippen LogP contribution in [0, 0.1) is 29.1 Å². The lowest BCUT2D eigenvalue weighted by Crippen LogP contribution is -2.44. The van der Waals surface area contributed by atoms with Crippen LogP contribution >= 0.6 is 0 Å². The third-order valence-electron chi connectivity index (χ3n) is 6.88. The molecule has 7 heteroatoms. The Morgan fingerprint density at radius 3 is 2.66 bits per heavy atom. The number of amides is 1. The molecule has 29 heavy (non-hydrogen) atoms. The van der Waals surface area contributed by atoms with E-state index in [9.17, 15) is 14.7 Å². The van der Waals surface area contributed by atoms with Gasteiger partial charge in [-0.2, -0.15) is 5.10 Å². The molecule has 1 aromatic rings. The van der Waals surface area contributed by atoms with Crippen molar-refractivity contribution in [3.63, 3.8) is 0 Å². The molecule has 0 aliphatic heterocycles. The third-order valence-corrected chi connectivity index (χ3v) is 6.88. The largest absolute Gasteiger partial charge is 0.481 e. The highest BCUT2D eigenvalue weighted by atomic mass is 16.5. The van der Waals surface area contributed by atoms with Crippen LogP contribution in [0.25, 0.3) is 6.20 Å². The van der Waals surface area contributed by atoms with Gasteiger partial charge in [0, 0.05) is 12.2 Å². The maximum Gasteiger partial charge on any atom is 0.312 e. The summed E-state index contributed by atoms with van der Waals surface area (Å²) >= 11 is 0. The molecule has 7 nitrogen and oxygen atoms in total. The van der Waals surface area contributed by atoms with Gasteiger partial charge in [0.25, 0.3) is 5.91 Å². The fourth-order valence-electron chi connectivity index (χ4n) is 5.47. The minimum Gasteiger partial charge on any atom is -0.481 e. The second kappa shape index (κ2) is 7.18. The molecule has 0 radical (unpaired) electrons. The van der Waals surface area contributed by atoms with Crippen molar-refractivity contribution < 1.29 is 19.4 Å². The zero-order valence-corrected chi connectivity index (χ0v) is 17.6. The molecule has 4 aliphatic rings. The van der Waals surface area contributed by atoms with Crippen LogP contribution in [0.1, 0.15) is 63.7 Å². The predicted molar refractivity (Wildman–Crippen MR) is 108 cm³/mol. The van der Waals surface area contributed by atoms with Crippen LogP contribution < -0.4 is 10.1 Å². The maximum absolute atomic E-state index is 13.1. The standard InChI is InChI=1S/C22H31N3O4/c1-12(2)29-20-17(11-23-25(20)6-5-22(3,4)21(27)28)19(26)24-18-15-8-13-7-14(10-15)16(18)9-13/h5-6,11-16,18H,7-10H2,1-4H3,(H,24,26)(H,27,28)/b6-5+. The number of aromatic nitrogens is 2. The number of carboxylic acid groups (broad SMARTS) is 1. The van der Waals surface area contributed by atoms with Crippen molar-refractivity contribution in [1.29, 1.82) is 0 Å². The minimum atomic E-state index is -1.05. The van der Waals surface area contributed by atoms with Gasteiger partial charge < -0.3 is 15.2 Å². The van der Waals surface area contributed by atoms with Gasteiger partial charge in [-0.25, -0.2) is 4.68 Å². The average Bonchev–Trinajstić information content (AvgIpc) is 3.23. The number of ether oxygens (including phenoxy) is 1. The molecular weight excluding hydrogens is 370 g/mol. The Morgan fingerprint density at radius 1 is 1.28 bits per heavy atom. The van der Waals surface area contributed by atoms with Gasteiger partial charge in [-0.15, -0.1) is 0 Å². The molecule has 5 unspecified atom stereocenters. The van der Waals surface area contributed by atoms with Crippen LogP contribution in [0.4, 0.5) is 0 Å².